The van der Waals surface area contributed by atoms with E-state index >= 15 is 0 Å². The van der Waals surface area contributed by atoms with Gasteiger partial charge in [-0.2, -0.15) is 0 Å². The van der Waals surface area contributed by atoms with Gasteiger partial charge in [-0.05, 0) is 38.5 Å². The van der Waals surface area contributed by atoms with E-state index in [1.54, 1.807) is 26.3 Å². The van der Waals surface area contributed by atoms with Crippen molar-refractivity contribution in [2.75, 3.05) is 19.1 Å². The Labute approximate surface area is 114 Å². The van der Waals surface area contributed by atoms with Crippen LogP contribution < -0.4 is 9.64 Å². The van der Waals surface area contributed by atoms with Crippen LogP contribution in [0.2, 0.25) is 0 Å². The van der Waals surface area contributed by atoms with Gasteiger partial charge in [0.1, 0.15) is 11.4 Å². The molecule has 19 heavy (non-hydrogen) atoms. The van der Waals surface area contributed by atoms with E-state index in [9.17, 15) is 4.79 Å². The number of hydrogen-bond donors (Lipinski definition) is 0. The zero-order chi connectivity index (χ0) is 14.6. The summed E-state index contributed by atoms with van der Waals surface area (Å²) in [7, 11) is 3.25. The molecule has 0 radical (unpaired) electrons. The van der Waals surface area contributed by atoms with Crippen LogP contribution in [0.4, 0.5) is 10.5 Å². The average molecular weight is 263 g/mol. The molecule has 1 aromatic rings. The van der Waals surface area contributed by atoms with Crippen molar-refractivity contribution in [1.82, 2.24) is 0 Å². The summed E-state index contributed by atoms with van der Waals surface area (Å²) in [4.78, 5) is 13.4. The minimum Gasteiger partial charge on any atom is -0.497 e. The van der Waals surface area contributed by atoms with Crippen LogP contribution in [-0.4, -0.2) is 25.9 Å². The number of anilines is 1. The number of methoxy groups -OCH3 is 1. The minimum absolute atomic E-state index is 0.407. The SMILES string of the molecule is C=Cc1cc(OC)cc(N(C)C(=O)OC(C)(C)C)c1. The summed E-state index contributed by atoms with van der Waals surface area (Å²) in [6.45, 7) is 9.22. The van der Waals surface area contributed by atoms with Crippen molar-refractivity contribution in [1.29, 1.82) is 0 Å². The molecule has 0 aliphatic rings. The third kappa shape index (κ3) is 4.32. The summed E-state index contributed by atoms with van der Waals surface area (Å²) in [6, 6.07) is 5.47. The van der Waals surface area contributed by atoms with Crippen LogP contribution in [-0.2, 0) is 4.74 Å². The predicted octanol–water partition coefficient (Wildman–Crippen LogP) is 3.71. The first-order valence-corrected chi connectivity index (χ1v) is 6.05. The van der Waals surface area contributed by atoms with E-state index < -0.39 is 11.7 Å². The smallest absolute Gasteiger partial charge is 0.414 e. The lowest BCUT2D eigenvalue weighted by Crippen LogP contribution is -2.34. The van der Waals surface area contributed by atoms with Crippen molar-refractivity contribution in [3.8, 4) is 5.75 Å². The highest BCUT2D eigenvalue weighted by Gasteiger charge is 2.21. The topological polar surface area (TPSA) is 38.8 Å². The molecule has 0 bridgehead atoms. The van der Waals surface area contributed by atoms with Gasteiger partial charge in [-0.3, -0.25) is 4.90 Å². The summed E-state index contributed by atoms with van der Waals surface area (Å²) in [5.74, 6) is 0.669. The summed E-state index contributed by atoms with van der Waals surface area (Å²) >= 11 is 0. The summed E-state index contributed by atoms with van der Waals surface area (Å²) in [6.07, 6.45) is 1.30. The highest BCUT2D eigenvalue weighted by Crippen LogP contribution is 2.25. The van der Waals surface area contributed by atoms with Crippen LogP contribution >= 0.6 is 0 Å². The Morgan fingerprint density at radius 2 is 1.95 bits per heavy atom. The number of amides is 1. The molecule has 0 saturated carbocycles. The van der Waals surface area contributed by atoms with Gasteiger partial charge in [0.25, 0.3) is 0 Å². The lowest BCUT2D eigenvalue weighted by atomic mass is 10.1. The molecule has 0 saturated heterocycles. The summed E-state index contributed by atoms with van der Waals surface area (Å²) < 4.78 is 10.5. The zero-order valence-corrected chi connectivity index (χ0v) is 12.2. The Hall–Kier alpha value is -1.97. The fourth-order valence-corrected chi connectivity index (χ4v) is 1.47. The van der Waals surface area contributed by atoms with Crippen LogP contribution in [0.25, 0.3) is 6.08 Å². The number of carbonyl (C=O) groups excluding carboxylic acids is 1. The maximum atomic E-state index is 12.0. The van der Waals surface area contributed by atoms with Crippen molar-refractivity contribution < 1.29 is 14.3 Å². The molecule has 4 nitrogen and oxygen atoms in total. The molecule has 104 valence electrons. The van der Waals surface area contributed by atoms with Gasteiger partial charge in [-0.25, -0.2) is 4.79 Å². The van der Waals surface area contributed by atoms with Crippen molar-refractivity contribution >= 4 is 17.9 Å². The Balaban J connectivity index is 3.01. The average Bonchev–Trinajstić information content (AvgIpc) is 2.35. The molecule has 1 amide bonds. The summed E-state index contributed by atoms with van der Waals surface area (Å²) in [5.41, 5.74) is 1.05. The third-order valence-corrected chi connectivity index (χ3v) is 2.44. The molecular formula is C15H21NO3. The van der Waals surface area contributed by atoms with E-state index in [0.29, 0.717) is 11.4 Å². The molecule has 0 aromatic heterocycles. The van der Waals surface area contributed by atoms with Gasteiger partial charge in [-0.1, -0.05) is 12.7 Å². The number of carbonyl (C=O) groups is 1. The highest BCUT2D eigenvalue weighted by atomic mass is 16.6. The fraction of sp³-hybridized carbons (Fsp3) is 0.400. The number of hydrogen-bond acceptors (Lipinski definition) is 3. The van der Waals surface area contributed by atoms with E-state index in [-0.39, 0.29) is 0 Å². The second-order valence-electron chi connectivity index (χ2n) is 5.21. The Kier molecular flexibility index (Phi) is 4.59. The van der Waals surface area contributed by atoms with E-state index in [1.165, 1.54) is 4.90 Å². The standard InChI is InChI=1S/C15H21NO3/c1-7-11-8-12(10-13(9-11)18-6)16(5)14(17)19-15(2,3)4/h7-10H,1H2,2-6H3. The molecule has 0 fully saturated rings. The number of benzene rings is 1. The highest BCUT2D eigenvalue weighted by molar-refractivity contribution is 5.88. The quantitative estimate of drug-likeness (QED) is 0.834. The van der Waals surface area contributed by atoms with E-state index in [1.807, 2.05) is 32.9 Å². The van der Waals surface area contributed by atoms with Gasteiger partial charge < -0.3 is 9.47 Å². The molecule has 0 aliphatic carbocycles. The molecule has 4 heteroatoms. The maximum absolute atomic E-state index is 12.0. The van der Waals surface area contributed by atoms with Crippen molar-refractivity contribution in [3.63, 3.8) is 0 Å². The van der Waals surface area contributed by atoms with Gasteiger partial charge in [0.05, 0.1) is 12.8 Å². The molecule has 0 atom stereocenters. The van der Waals surface area contributed by atoms with Gasteiger partial charge in [0, 0.05) is 13.1 Å². The lowest BCUT2D eigenvalue weighted by Gasteiger charge is -2.25. The van der Waals surface area contributed by atoms with Gasteiger partial charge in [0.15, 0.2) is 0 Å². The largest absolute Gasteiger partial charge is 0.497 e. The first-order chi connectivity index (χ1) is 8.76. The third-order valence-electron chi connectivity index (χ3n) is 2.44. The lowest BCUT2D eigenvalue weighted by molar-refractivity contribution is 0.0589. The van der Waals surface area contributed by atoms with Crippen molar-refractivity contribution in [2.24, 2.45) is 0 Å². The minimum atomic E-state index is -0.522. The van der Waals surface area contributed by atoms with Crippen LogP contribution in [0.15, 0.2) is 24.8 Å². The van der Waals surface area contributed by atoms with Crippen molar-refractivity contribution in [3.05, 3.63) is 30.3 Å². The number of rotatable bonds is 3. The predicted molar refractivity (Wildman–Crippen MR) is 77.7 cm³/mol. The van der Waals surface area contributed by atoms with E-state index in [2.05, 4.69) is 6.58 Å². The normalized spacial score (nSPS) is 10.8. The van der Waals surface area contributed by atoms with E-state index in [4.69, 9.17) is 9.47 Å². The van der Waals surface area contributed by atoms with Crippen LogP contribution in [0.3, 0.4) is 0 Å². The Morgan fingerprint density at radius 3 is 2.42 bits per heavy atom. The second-order valence-corrected chi connectivity index (χ2v) is 5.21. The molecular weight excluding hydrogens is 242 g/mol. The maximum Gasteiger partial charge on any atom is 0.414 e. The molecule has 0 unspecified atom stereocenters. The molecule has 1 aromatic carbocycles. The summed E-state index contributed by atoms with van der Waals surface area (Å²) in [5, 5.41) is 0. The van der Waals surface area contributed by atoms with Gasteiger partial charge >= 0.3 is 6.09 Å². The second kappa shape index (κ2) is 5.78. The molecule has 0 heterocycles. The molecule has 0 N–H and O–H groups in total. The molecule has 0 aliphatic heterocycles. The molecule has 0 spiro atoms. The van der Waals surface area contributed by atoms with Crippen molar-refractivity contribution in [2.45, 2.75) is 26.4 Å². The first kappa shape index (κ1) is 15.1. The van der Waals surface area contributed by atoms with Gasteiger partial charge in [0.2, 0.25) is 0 Å². The van der Waals surface area contributed by atoms with Crippen LogP contribution in [0.5, 0.6) is 5.75 Å². The van der Waals surface area contributed by atoms with E-state index in [0.717, 1.165) is 5.56 Å². The number of ether oxygens (including phenoxy) is 2. The fourth-order valence-electron chi connectivity index (χ4n) is 1.47. The Morgan fingerprint density at radius 1 is 1.32 bits per heavy atom. The van der Waals surface area contributed by atoms with Crippen LogP contribution in [0, 0.1) is 0 Å². The Bertz CT molecular complexity index is 475. The zero-order valence-electron chi connectivity index (χ0n) is 12.2. The number of nitrogens with zero attached hydrogens (tertiary/aromatic N) is 1. The monoisotopic (exact) mass is 263 g/mol. The molecule has 1 rings (SSSR count). The first-order valence-electron chi connectivity index (χ1n) is 6.05. The van der Waals surface area contributed by atoms with Gasteiger partial charge in [-0.15, -0.1) is 0 Å². The van der Waals surface area contributed by atoms with Crippen LogP contribution in [0.1, 0.15) is 26.3 Å².